The Labute approximate surface area is 145 Å². The fourth-order valence-electron chi connectivity index (χ4n) is 3.56. The molecule has 1 N–H and O–H groups in total. The van der Waals surface area contributed by atoms with Crippen LogP contribution in [0.3, 0.4) is 0 Å². The molecule has 25 heavy (non-hydrogen) atoms. The molecule has 0 spiro atoms. The minimum Gasteiger partial charge on any atom is -0.497 e. The number of hydrogen-bond acceptors (Lipinski definition) is 1. The number of methoxy groups -OCH3 is 1. The number of fused-ring (bicyclic) bond motifs is 4. The quantitative estimate of drug-likeness (QED) is 0.414. The number of aromatic nitrogens is 1. The van der Waals surface area contributed by atoms with Crippen LogP contribution in [0.25, 0.3) is 43.7 Å². The molecule has 0 saturated carbocycles. The van der Waals surface area contributed by atoms with Gasteiger partial charge in [-0.2, -0.15) is 0 Å². The Morgan fingerprint density at radius 1 is 0.640 bits per heavy atom. The van der Waals surface area contributed by atoms with Gasteiger partial charge in [0.05, 0.1) is 12.6 Å². The van der Waals surface area contributed by atoms with E-state index in [4.69, 9.17) is 4.74 Å². The molecule has 0 radical (unpaired) electrons. The lowest BCUT2D eigenvalue weighted by Crippen LogP contribution is -1.80. The highest BCUT2D eigenvalue weighted by molar-refractivity contribution is 6.08. The molecule has 5 aromatic rings. The summed E-state index contributed by atoms with van der Waals surface area (Å²) in [4.78, 5) is 3.52. The molecule has 0 fully saturated rings. The second kappa shape index (κ2) is 5.38. The molecule has 2 heteroatoms. The van der Waals surface area contributed by atoms with Crippen molar-refractivity contribution in [2.75, 3.05) is 7.11 Å². The summed E-state index contributed by atoms with van der Waals surface area (Å²) in [5.74, 6) is 0.869. The van der Waals surface area contributed by atoms with Gasteiger partial charge in [0, 0.05) is 22.4 Å². The molecule has 4 aromatic carbocycles. The third-order valence-corrected chi connectivity index (χ3v) is 4.89. The fraction of sp³-hybridized carbons (Fsp3) is 0.0435. The molecule has 0 amide bonds. The van der Waals surface area contributed by atoms with Gasteiger partial charge in [0.2, 0.25) is 0 Å². The highest BCUT2D eigenvalue weighted by Crippen LogP contribution is 2.32. The third-order valence-electron chi connectivity index (χ3n) is 4.89. The maximum atomic E-state index is 5.33. The Hall–Kier alpha value is -3.26. The van der Waals surface area contributed by atoms with Crippen molar-refractivity contribution in [2.45, 2.75) is 0 Å². The molecule has 0 aliphatic rings. The minimum atomic E-state index is 0.869. The Kier molecular flexibility index (Phi) is 3.04. The van der Waals surface area contributed by atoms with E-state index in [1.165, 1.54) is 32.7 Å². The van der Waals surface area contributed by atoms with Gasteiger partial charge >= 0.3 is 0 Å². The molecular formula is C23H17NO. The number of hydrogen-bond donors (Lipinski definition) is 1. The first-order valence-electron chi connectivity index (χ1n) is 8.40. The largest absolute Gasteiger partial charge is 0.497 e. The van der Waals surface area contributed by atoms with E-state index in [1.54, 1.807) is 7.11 Å². The molecule has 1 heterocycles. The number of benzene rings is 4. The topological polar surface area (TPSA) is 25.0 Å². The normalized spacial score (nSPS) is 11.4. The van der Waals surface area contributed by atoms with Gasteiger partial charge in [-0.1, -0.05) is 48.5 Å². The van der Waals surface area contributed by atoms with Crippen molar-refractivity contribution in [3.05, 3.63) is 78.9 Å². The SMILES string of the molecule is COc1ccc2c(c1)[nH]c1cc(-c3ccc4ccccc4c3)ccc12. The zero-order valence-electron chi connectivity index (χ0n) is 13.9. The lowest BCUT2D eigenvalue weighted by Gasteiger charge is -2.05. The Balaban J connectivity index is 1.69. The first kappa shape index (κ1) is 14.1. The van der Waals surface area contributed by atoms with E-state index in [2.05, 4.69) is 71.7 Å². The maximum Gasteiger partial charge on any atom is 0.120 e. The van der Waals surface area contributed by atoms with Crippen LogP contribution in [0, 0.1) is 0 Å². The lowest BCUT2D eigenvalue weighted by atomic mass is 10.00. The molecule has 0 unspecified atom stereocenters. The highest BCUT2D eigenvalue weighted by Gasteiger charge is 2.07. The van der Waals surface area contributed by atoms with Crippen LogP contribution >= 0.6 is 0 Å². The minimum absolute atomic E-state index is 0.869. The van der Waals surface area contributed by atoms with Crippen molar-refractivity contribution in [3.8, 4) is 16.9 Å². The van der Waals surface area contributed by atoms with Crippen molar-refractivity contribution < 1.29 is 4.74 Å². The molecular weight excluding hydrogens is 306 g/mol. The van der Waals surface area contributed by atoms with Crippen LogP contribution in [0.15, 0.2) is 78.9 Å². The van der Waals surface area contributed by atoms with E-state index < -0.39 is 0 Å². The van der Waals surface area contributed by atoms with Crippen LogP contribution < -0.4 is 4.74 Å². The summed E-state index contributed by atoms with van der Waals surface area (Å²) in [6.07, 6.45) is 0. The summed E-state index contributed by atoms with van der Waals surface area (Å²) < 4.78 is 5.33. The number of ether oxygens (including phenoxy) is 1. The van der Waals surface area contributed by atoms with Crippen molar-refractivity contribution in [1.82, 2.24) is 4.98 Å². The standard InChI is InChI=1S/C23H17NO/c1-25-19-9-11-21-20-10-8-18(13-22(20)24-23(21)14-19)17-7-6-15-4-2-3-5-16(15)12-17/h2-14,24H,1H3. The Morgan fingerprint density at radius 3 is 2.16 bits per heavy atom. The van der Waals surface area contributed by atoms with E-state index in [0.717, 1.165) is 16.8 Å². The summed E-state index contributed by atoms with van der Waals surface area (Å²) in [6.45, 7) is 0. The third kappa shape index (κ3) is 2.26. The maximum absolute atomic E-state index is 5.33. The van der Waals surface area contributed by atoms with Crippen LogP contribution in [0.1, 0.15) is 0 Å². The van der Waals surface area contributed by atoms with E-state index in [-0.39, 0.29) is 0 Å². The van der Waals surface area contributed by atoms with Gasteiger partial charge in [0.25, 0.3) is 0 Å². The van der Waals surface area contributed by atoms with Crippen LogP contribution in [-0.4, -0.2) is 12.1 Å². The fourth-order valence-corrected chi connectivity index (χ4v) is 3.56. The van der Waals surface area contributed by atoms with Gasteiger partial charge in [-0.05, 0) is 46.2 Å². The summed E-state index contributed by atoms with van der Waals surface area (Å²) in [6, 6.07) is 27.9. The van der Waals surface area contributed by atoms with Crippen molar-refractivity contribution in [3.63, 3.8) is 0 Å². The van der Waals surface area contributed by atoms with Gasteiger partial charge in [-0.25, -0.2) is 0 Å². The number of nitrogens with one attached hydrogen (secondary N) is 1. The Morgan fingerprint density at radius 2 is 1.32 bits per heavy atom. The number of H-pyrrole nitrogens is 1. The van der Waals surface area contributed by atoms with Crippen molar-refractivity contribution in [2.24, 2.45) is 0 Å². The molecule has 0 saturated heterocycles. The molecule has 0 aliphatic heterocycles. The lowest BCUT2D eigenvalue weighted by molar-refractivity contribution is 0.415. The summed E-state index contributed by atoms with van der Waals surface area (Å²) in [7, 11) is 1.70. The van der Waals surface area contributed by atoms with Crippen LogP contribution in [0.5, 0.6) is 5.75 Å². The van der Waals surface area contributed by atoms with Crippen LogP contribution in [-0.2, 0) is 0 Å². The smallest absolute Gasteiger partial charge is 0.120 e. The van der Waals surface area contributed by atoms with Crippen LogP contribution in [0.2, 0.25) is 0 Å². The molecule has 0 aliphatic carbocycles. The molecule has 0 atom stereocenters. The summed E-state index contributed by atoms with van der Waals surface area (Å²) >= 11 is 0. The number of aromatic amines is 1. The Bertz CT molecular complexity index is 1230. The van der Waals surface area contributed by atoms with E-state index in [9.17, 15) is 0 Å². The van der Waals surface area contributed by atoms with Crippen LogP contribution in [0.4, 0.5) is 0 Å². The average molecular weight is 323 g/mol. The zero-order valence-corrected chi connectivity index (χ0v) is 13.9. The highest BCUT2D eigenvalue weighted by atomic mass is 16.5. The van der Waals surface area contributed by atoms with Gasteiger partial charge in [0.1, 0.15) is 5.75 Å². The first-order valence-corrected chi connectivity index (χ1v) is 8.40. The van der Waals surface area contributed by atoms with Gasteiger partial charge in [0.15, 0.2) is 0 Å². The van der Waals surface area contributed by atoms with E-state index >= 15 is 0 Å². The van der Waals surface area contributed by atoms with Crippen molar-refractivity contribution in [1.29, 1.82) is 0 Å². The number of rotatable bonds is 2. The average Bonchev–Trinajstić information content (AvgIpc) is 3.04. The molecule has 0 bridgehead atoms. The molecule has 120 valence electrons. The van der Waals surface area contributed by atoms with Gasteiger partial charge in [-0.3, -0.25) is 0 Å². The monoisotopic (exact) mass is 323 g/mol. The molecule has 2 nitrogen and oxygen atoms in total. The second-order valence-electron chi connectivity index (χ2n) is 6.36. The van der Waals surface area contributed by atoms with Crippen molar-refractivity contribution >= 4 is 32.6 Å². The summed E-state index contributed by atoms with van der Waals surface area (Å²) in [5.41, 5.74) is 4.70. The predicted molar refractivity (Wildman–Crippen MR) is 105 cm³/mol. The second-order valence-corrected chi connectivity index (χ2v) is 6.36. The zero-order chi connectivity index (χ0) is 16.8. The first-order chi connectivity index (χ1) is 12.3. The molecule has 1 aromatic heterocycles. The summed E-state index contributed by atoms with van der Waals surface area (Å²) in [5, 5.41) is 4.99. The van der Waals surface area contributed by atoms with Gasteiger partial charge in [-0.15, -0.1) is 0 Å². The molecule has 5 rings (SSSR count). The van der Waals surface area contributed by atoms with Gasteiger partial charge < -0.3 is 9.72 Å². The van der Waals surface area contributed by atoms with E-state index in [0.29, 0.717) is 0 Å². The van der Waals surface area contributed by atoms with E-state index in [1.807, 2.05) is 12.1 Å². The predicted octanol–water partition coefficient (Wildman–Crippen LogP) is 6.15.